The van der Waals surface area contributed by atoms with Crippen molar-refractivity contribution in [2.45, 2.75) is 39.8 Å². The summed E-state index contributed by atoms with van der Waals surface area (Å²) in [6.45, 7) is 9.61. The predicted molar refractivity (Wildman–Crippen MR) is 114 cm³/mol. The smallest absolute Gasteiger partial charge is 0.247 e. The largest absolute Gasteiger partial charge is 0.338 e. The summed E-state index contributed by atoms with van der Waals surface area (Å²) in [7, 11) is 0. The molecule has 1 aromatic carbocycles. The SMILES string of the molecule is CCC(C(=O)N1CCN(Cc2ccc(Cl)c(Cl)c2)CC1)n1nc(C)c(Cl)c1C. The second kappa shape index (κ2) is 9.04. The molecule has 0 bridgehead atoms. The van der Waals surface area contributed by atoms with Crippen molar-refractivity contribution in [3.63, 3.8) is 0 Å². The van der Waals surface area contributed by atoms with Gasteiger partial charge in [-0.25, -0.2) is 0 Å². The Morgan fingerprint density at radius 3 is 2.32 bits per heavy atom. The quantitative estimate of drug-likeness (QED) is 0.669. The van der Waals surface area contributed by atoms with E-state index in [9.17, 15) is 4.79 Å². The zero-order chi connectivity index (χ0) is 20.4. The van der Waals surface area contributed by atoms with Gasteiger partial charge in [-0.1, -0.05) is 47.8 Å². The van der Waals surface area contributed by atoms with Gasteiger partial charge in [0.15, 0.2) is 0 Å². The van der Waals surface area contributed by atoms with Gasteiger partial charge in [0, 0.05) is 32.7 Å². The van der Waals surface area contributed by atoms with Crippen LogP contribution in [0.15, 0.2) is 18.2 Å². The average Bonchev–Trinajstić information content (AvgIpc) is 2.93. The zero-order valence-electron chi connectivity index (χ0n) is 16.4. The molecule has 1 aliphatic rings. The summed E-state index contributed by atoms with van der Waals surface area (Å²) >= 11 is 18.4. The van der Waals surface area contributed by atoms with Crippen LogP contribution in [-0.2, 0) is 11.3 Å². The number of benzene rings is 1. The predicted octanol–water partition coefficient (Wildman–Crippen LogP) is 4.76. The Hall–Kier alpha value is -1.27. The van der Waals surface area contributed by atoms with Gasteiger partial charge in [-0.15, -0.1) is 0 Å². The van der Waals surface area contributed by atoms with Crippen molar-refractivity contribution in [1.82, 2.24) is 19.6 Å². The second-order valence-corrected chi connectivity index (χ2v) is 8.40. The standard InChI is InChI=1S/C20H25Cl3N4O/c1-4-18(27-14(3)19(23)13(2)24-27)20(28)26-9-7-25(8-10-26)12-15-5-6-16(21)17(22)11-15/h5-6,11,18H,4,7-10,12H2,1-3H3. The molecule has 2 aromatic rings. The topological polar surface area (TPSA) is 41.4 Å². The van der Waals surface area contributed by atoms with Crippen molar-refractivity contribution in [3.05, 3.63) is 50.2 Å². The van der Waals surface area contributed by atoms with Gasteiger partial charge in [-0.2, -0.15) is 5.10 Å². The molecule has 5 nitrogen and oxygen atoms in total. The Kier molecular flexibility index (Phi) is 6.92. The van der Waals surface area contributed by atoms with Crippen LogP contribution in [0.1, 0.15) is 36.3 Å². The lowest BCUT2D eigenvalue weighted by Crippen LogP contribution is -2.50. The molecular formula is C20H25Cl3N4O. The Bertz CT molecular complexity index is 859. The van der Waals surface area contributed by atoms with Crippen LogP contribution >= 0.6 is 34.8 Å². The highest BCUT2D eigenvalue weighted by molar-refractivity contribution is 6.42. The lowest BCUT2D eigenvalue weighted by molar-refractivity contribution is -0.137. The Balaban J connectivity index is 1.62. The molecule has 1 saturated heterocycles. The number of nitrogens with zero attached hydrogens (tertiary/aromatic N) is 4. The number of piperazine rings is 1. The van der Waals surface area contributed by atoms with E-state index in [1.165, 1.54) is 0 Å². The van der Waals surface area contributed by atoms with Crippen LogP contribution in [0.4, 0.5) is 0 Å². The van der Waals surface area contributed by atoms with Crippen molar-refractivity contribution in [3.8, 4) is 0 Å². The van der Waals surface area contributed by atoms with E-state index in [1.807, 2.05) is 43.9 Å². The van der Waals surface area contributed by atoms with E-state index < -0.39 is 0 Å². The highest BCUT2D eigenvalue weighted by Gasteiger charge is 2.29. The highest BCUT2D eigenvalue weighted by Crippen LogP contribution is 2.26. The van der Waals surface area contributed by atoms with Gasteiger partial charge >= 0.3 is 0 Å². The van der Waals surface area contributed by atoms with Crippen LogP contribution in [0.2, 0.25) is 15.1 Å². The Morgan fingerprint density at radius 2 is 1.79 bits per heavy atom. The van der Waals surface area contributed by atoms with Crippen molar-refractivity contribution in [2.24, 2.45) is 0 Å². The Morgan fingerprint density at radius 1 is 1.11 bits per heavy atom. The molecule has 8 heteroatoms. The molecule has 28 heavy (non-hydrogen) atoms. The molecule has 1 fully saturated rings. The fourth-order valence-electron chi connectivity index (χ4n) is 3.63. The first-order valence-electron chi connectivity index (χ1n) is 9.48. The zero-order valence-corrected chi connectivity index (χ0v) is 18.7. The second-order valence-electron chi connectivity index (χ2n) is 7.20. The number of halogens is 3. The van der Waals surface area contributed by atoms with Crippen LogP contribution < -0.4 is 0 Å². The molecule has 0 N–H and O–H groups in total. The molecule has 0 radical (unpaired) electrons. The van der Waals surface area contributed by atoms with E-state index >= 15 is 0 Å². The summed E-state index contributed by atoms with van der Waals surface area (Å²) in [5.74, 6) is 0.110. The molecule has 1 amide bonds. The number of carbonyl (C=O) groups excluding carboxylic acids is 1. The maximum Gasteiger partial charge on any atom is 0.247 e. The van der Waals surface area contributed by atoms with E-state index in [0.717, 1.165) is 36.6 Å². The van der Waals surface area contributed by atoms with Crippen molar-refractivity contribution < 1.29 is 4.79 Å². The molecule has 1 atom stereocenters. The molecular weight excluding hydrogens is 419 g/mol. The van der Waals surface area contributed by atoms with Crippen LogP contribution in [0, 0.1) is 13.8 Å². The van der Waals surface area contributed by atoms with Crippen LogP contribution in [-0.4, -0.2) is 51.7 Å². The van der Waals surface area contributed by atoms with Gasteiger partial charge in [0.1, 0.15) is 6.04 Å². The number of aryl methyl sites for hydroxylation is 1. The van der Waals surface area contributed by atoms with E-state index in [2.05, 4.69) is 10.00 Å². The minimum atomic E-state index is -0.312. The molecule has 0 aliphatic carbocycles. The van der Waals surface area contributed by atoms with E-state index in [0.29, 0.717) is 34.6 Å². The number of hydrogen-bond donors (Lipinski definition) is 0. The fourth-order valence-corrected chi connectivity index (χ4v) is 4.08. The lowest BCUT2D eigenvalue weighted by Gasteiger charge is -2.36. The van der Waals surface area contributed by atoms with Gasteiger partial charge < -0.3 is 4.90 Å². The van der Waals surface area contributed by atoms with Gasteiger partial charge in [0.25, 0.3) is 0 Å². The highest BCUT2D eigenvalue weighted by atomic mass is 35.5. The van der Waals surface area contributed by atoms with E-state index in [4.69, 9.17) is 34.8 Å². The van der Waals surface area contributed by atoms with Crippen LogP contribution in [0.25, 0.3) is 0 Å². The van der Waals surface area contributed by atoms with Crippen LogP contribution in [0.5, 0.6) is 0 Å². The lowest BCUT2D eigenvalue weighted by atomic mass is 10.1. The minimum Gasteiger partial charge on any atom is -0.338 e. The molecule has 1 aromatic heterocycles. The van der Waals surface area contributed by atoms with Crippen LogP contribution in [0.3, 0.4) is 0 Å². The van der Waals surface area contributed by atoms with Crippen molar-refractivity contribution in [1.29, 1.82) is 0 Å². The third-order valence-electron chi connectivity index (χ3n) is 5.28. The Labute approximate surface area is 181 Å². The summed E-state index contributed by atoms with van der Waals surface area (Å²) in [5.41, 5.74) is 2.73. The first-order valence-corrected chi connectivity index (χ1v) is 10.6. The maximum absolute atomic E-state index is 13.1. The van der Waals surface area contributed by atoms with Gasteiger partial charge in [0.05, 0.1) is 26.5 Å². The molecule has 3 rings (SSSR count). The molecule has 152 valence electrons. The third kappa shape index (κ3) is 4.48. The molecule has 1 unspecified atom stereocenters. The minimum absolute atomic E-state index is 0.110. The summed E-state index contributed by atoms with van der Waals surface area (Å²) in [4.78, 5) is 17.4. The first-order chi connectivity index (χ1) is 13.3. The molecule has 2 heterocycles. The number of hydrogen-bond acceptors (Lipinski definition) is 3. The molecule has 0 spiro atoms. The summed E-state index contributed by atoms with van der Waals surface area (Å²) in [6, 6.07) is 5.41. The normalized spacial score (nSPS) is 16.4. The van der Waals surface area contributed by atoms with Gasteiger partial charge in [0.2, 0.25) is 5.91 Å². The summed E-state index contributed by atoms with van der Waals surface area (Å²) < 4.78 is 1.78. The molecule has 0 saturated carbocycles. The summed E-state index contributed by atoms with van der Waals surface area (Å²) in [6.07, 6.45) is 0.681. The fraction of sp³-hybridized carbons (Fsp3) is 0.500. The average molecular weight is 444 g/mol. The molecule has 1 aliphatic heterocycles. The first kappa shape index (κ1) is 21.4. The van der Waals surface area contributed by atoms with Gasteiger partial charge in [-0.3, -0.25) is 14.4 Å². The maximum atomic E-state index is 13.1. The summed E-state index contributed by atoms with van der Waals surface area (Å²) in [5, 5.41) is 6.26. The number of carbonyl (C=O) groups is 1. The van der Waals surface area contributed by atoms with Crippen molar-refractivity contribution >= 4 is 40.7 Å². The van der Waals surface area contributed by atoms with Crippen molar-refractivity contribution in [2.75, 3.05) is 26.2 Å². The van der Waals surface area contributed by atoms with E-state index in [1.54, 1.807) is 4.68 Å². The monoisotopic (exact) mass is 442 g/mol. The number of rotatable bonds is 5. The number of aromatic nitrogens is 2. The van der Waals surface area contributed by atoms with Gasteiger partial charge in [-0.05, 0) is 38.0 Å². The third-order valence-corrected chi connectivity index (χ3v) is 6.56. The number of amides is 1. The van der Waals surface area contributed by atoms with E-state index in [-0.39, 0.29) is 11.9 Å².